The summed E-state index contributed by atoms with van der Waals surface area (Å²) in [5, 5.41) is 0.542. The summed E-state index contributed by atoms with van der Waals surface area (Å²) in [4.78, 5) is 0.165. The Balaban J connectivity index is 2.44. The fraction of sp³-hybridized carbons (Fsp3) is 0.143. The van der Waals surface area contributed by atoms with Crippen molar-refractivity contribution in [1.82, 2.24) is 0 Å². The SMILES string of the molecule is Cc1cc(CN)cc(S(=O)(=O)Nc2ccc(Cl)cc2)c1Br. The number of nitrogens with one attached hydrogen (secondary N) is 1. The molecule has 112 valence electrons. The average Bonchev–Trinajstić information content (AvgIpc) is 2.43. The zero-order valence-corrected chi connectivity index (χ0v) is 14.4. The first kappa shape index (κ1) is 16.3. The lowest BCUT2D eigenvalue weighted by Crippen LogP contribution is -2.15. The quantitative estimate of drug-likeness (QED) is 0.838. The topological polar surface area (TPSA) is 72.2 Å². The molecule has 0 aliphatic carbocycles. The molecule has 2 aromatic rings. The lowest BCUT2D eigenvalue weighted by atomic mass is 10.1. The minimum Gasteiger partial charge on any atom is -0.326 e. The molecule has 0 spiro atoms. The van der Waals surface area contributed by atoms with Gasteiger partial charge < -0.3 is 5.73 Å². The highest BCUT2D eigenvalue weighted by atomic mass is 79.9. The third-order valence-electron chi connectivity index (χ3n) is 2.90. The number of hydrogen-bond donors (Lipinski definition) is 2. The first-order chi connectivity index (χ1) is 9.83. The summed E-state index contributed by atoms with van der Waals surface area (Å²) in [6.45, 7) is 2.10. The number of aryl methyl sites for hydroxylation is 1. The van der Waals surface area contributed by atoms with Crippen LogP contribution in [-0.4, -0.2) is 8.42 Å². The molecule has 0 unspecified atom stereocenters. The molecule has 0 heterocycles. The van der Waals surface area contributed by atoms with Gasteiger partial charge in [-0.1, -0.05) is 17.7 Å². The molecule has 21 heavy (non-hydrogen) atoms. The Morgan fingerprint density at radius 1 is 1.24 bits per heavy atom. The van der Waals surface area contributed by atoms with Crippen LogP contribution in [0.3, 0.4) is 0 Å². The van der Waals surface area contributed by atoms with Gasteiger partial charge in [0.15, 0.2) is 0 Å². The van der Waals surface area contributed by atoms with Gasteiger partial charge in [0.25, 0.3) is 10.0 Å². The summed E-state index contributed by atoms with van der Waals surface area (Å²) in [7, 11) is -3.71. The smallest absolute Gasteiger partial charge is 0.263 e. The van der Waals surface area contributed by atoms with E-state index in [2.05, 4.69) is 20.7 Å². The Kier molecular flexibility index (Phi) is 4.93. The lowest BCUT2D eigenvalue weighted by molar-refractivity contribution is 0.600. The highest BCUT2D eigenvalue weighted by Crippen LogP contribution is 2.29. The predicted molar refractivity (Wildman–Crippen MR) is 89.0 cm³/mol. The number of halogens is 2. The Hall–Kier alpha value is -1.08. The summed E-state index contributed by atoms with van der Waals surface area (Å²) in [6, 6.07) is 9.87. The Labute approximate surface area is 137 Å². The number of sulfonamides is 1. The third kappa shape index (κ3) is 3.77. The van der Waals surface area contributed by atoms with E-state index >= 15 is 0 Å². The molecule has 0 saturated carbocycles. The van der Waals surface area contributed by atoms with Crippen molar-refractivity contribution >= 4 is 43.2 Å². The van der Waals surface area contributed by atoms with Crippen LogP contribution in [0.2, 0.25) is 5.02 Å². The van der Waals surface area contributed by atoms with E-state index < -0.39 is 10.0 Å². The summed E-state index contributed by atoms with van der Waals surface area (Å²) < 4.78 is 28.1. The van der Waals surface area contributed by atoms with Gasteiger partial charge in [0, 0.05) is 21.7 Å². The average molecular weight is 390 g/mol. The molecule has 0 fully saturated rings. The van der Waals surface area contributed by atoms with E-state index in [1.54, 1.807) is 30.3 Å². The van der Waals surface area contributed by atoms with Gasteiger partial charge in [-0.2, -0.15) is 0 Å². The fourth-order valence-corrected chi connectivity index (χ4v) is 4.10. The molecule has 2 aromatic carbocycles. The minimum absolute atomic E-state index is 0.165. The molecule has 0 aliphatic rings. The Morgan fingerprint density at radius 3 is 2.43 bits per heavy atom. The van der Waals surface area contributed by atoms with E-state index in [0.29, 0.717) is 15.2 Å². The van der Waals surface area contributed by atoms with Crippen molar-refractivity contribution in [3.8, 4) is 0 Å². The summed E-state index contributed by atoms with van der Waals surface area (Å²) in [5.74, 6) is 0. The predicted octanol–water partition coefficient (Wildman–Crippen LogP) is 3.67. The van der Waals surface area contributed by atoms with E-state index in [1.807, 2.05) is 13.0 Å². The van der Waals surface area contributed by atoms with Crippen molar-refractivity contribution in [3.05, 3.63) is 57.0 Å². The molecule has 0 aliphatic heterocycles. The van der Waals surface area contributed by atoms with Crippen molar-refractivity contribution in [1.29, 1.82) is 0 Å². The van der Waals surface area contributed by atoms with Crippen molar-refractivity contribution in [2.24, 2.45) is 5.73 Å². The standard InChI is InChI=1S/C14H14BrClN2O2S/c1-9-6-10(8-17)7-13(14(9)15)21(19,20)18-12-4-2-11(16)3-5-12/h2-7,18H,8,17H2,1H3. The molecule has 0 aromatic heterocycles. The number of hydrogen-bond acceptors (Lipinski definition) is 3. The molecule has 0 bridgehead atoms. The molecule has 3 N–H and O–H groups in total. The second-order valence-electron chi connectivity index (χ2n) is 4.54. The van der Waals surface area contributed by atoms with Crippen LogP contribution in [0.4, 0.5) is 5.69 Å². The Morgan fingerprint density at radius 2 is 1.86 bits per heavy atom. The van der Waals surface area contributed by atoms with E-state index in [0.717, 1.165) is 11.1 Å². The van der Waals surface area contributed by atoms with Gasteiger partial charge in [0.05, 0.1) is 0 Å². The molecule has 0 saturated heterocycles. The van der Waals surface area contributed by atoms with E-state index in [1.165, 1.54) is 0 Å². The van der Waals surface area contributed by atoms with Crippen molar-refractivity contribution in [2.45, 2.75) is 18.4 Å². The maximum absolute atomic E-state index is 12.5. The maximum atomic E-state index is 12.5. The second kappa shape index (κ2) is 6.36. The van der Waals surface area contributed by atoms with Crippen LogP contribution >= 0.6 is 27.5 Å². The molecule has 0 atom stereocenters. The maximum Gasteiger partial charge on any atom is 0.263 e. The monoisotopic (exact) mass is 388 g/mol. The molecule has 4 nitrogen and oxygen atoms in total. The van der Waals surface area contributed by atoms with Gasteiger partial charge in [-0.15, -0.1) is 0 Å². The molecular weight excluding hydrogens is 376 g/mol. The normalized spacial score (nSPS) is 11.4. The zero-order valence-electron chi connectivity index (χ0n) is 11.2. The van der Waals surface area contributed by atoms with Crippen LogP contribution in [0.5, 0.6) is 0 Å². The molecule has 2 rings (SSSR count). The largest absolute Gasteiger partial charge is 0.326 e. The highest BCUT2D eigenvalue weighted by Gasteiger charge is 2.20. The number of anilines is 1. The lowest BCUT2D eigenvalue weighted by Gasteiger charge is -2.13. The van der Waals surface area contributed by atoms with Gasteiger partial charge >= 0.3 is 0 Å². The second-order valence-corrected chi connectivity index (χ2v) is 7.42. The van der Waals surface area contributed by atoms with E-state index in [-0.39, 0.29) is 11.4 Å². The van der Waals surface area contributed by atoms with Crippen LogP contribution in [0, 0.1) is 6.92 Å². The van der Waals surface area contributed by atoms with Crippen LogP contribution in [-0.2, 0) is 16.6 Å². The first-order valence-electron chi connectivity index (χ1n) is 6.11. The van der Waals surface area contributed by atoms with Crippen LogP contribution < -0.4 is 10.5 Å². The molecule has 0 amide bonds. The van der Waals surface area contributed by atoms with Gasteiger partial charge in [0.1, 0.15) is 4.90 Å². The van der Waals surface area contributed by atoms with Gasteiger partial charge in [-0.25, -0.2) is 8.42 Å². The van der Waals surface area contributed by atoms with E-state index in [4.69, 9.17) is 17.3 Å². The Bertz CT molecular complexity index is 761. The van der Waals surface area contributed by atoms with Crippen LogP contribution in [0.25, 0.3) is 0 Å². The van der Waals surface area contributed by atoms with Gasteiger partial charge in [-0.05, 0) is 64.3 Å². The number of rotatable bonds is 4. The third-order valence-corrected chi connectivity index (χ3v) is 5.88. The highest BCUT2D eigenvalue weighted by molar-refractivity contribution is 9.10. The minimum atomic E-state index is -3.71. The first-order valence-corrected chi connectivity index (χ1v) is 8.76. The van der Waals surface area contributed by atoms with Gasteiger partial charge in [0.2, 0.25) is 0 Å². The molecular formula is C14H14BrClN2O2S. The van der Waals surface area contributed by atoms with Crippen molar-refractivity contribution in [2.75, 3.05) is 4.72 Å². The zero-order chi connectivity index (χ0) is 15.6. The summed E-state index contributed by atoms with van der Waals surface area (Å²) in [6.07, 6.45) is 0. The molecule has 0 radical (unpaired) electrons. The number of nitrogens with two attached hydrogens (primary N) is 1. The summed E-state index contributed by atoms with van der Waals surface area (Å²) in [5.41, 5.74) is 7.62. The fourth-order valence-electron chi connectivity index (χ4n) is 1.85. The van der Waals surface area contributed by atoms with Crippen LogP contribution in [0.15, 0.2) is 45.8 Å². The summed E-state index contributed by atoms with van der Waals surface area (Å²) >= 11 is 9.11. The van der Waals surface area contributed by atoms with E-state index in [9.17, 15) is 8.42 Å². The molecule has 7 heteroatoms. The van der Waals surface area contributed by atoms with Crippen molar-refractivity contribution in [3.63, 3.8) is 0 Å². The van der Waals surface area contributed by atoms with Crippen molar-refractivity contribution < 1.29 is 8.42 Å². The number of benzene rings is 2. The van der Waals surface area contributed by atoms with Gasteiger partial charge in [-0.3, -0.25) is 4.72 Å². The van der Waals surface area contributed by atoms with Crippen LogP contribution in [0.1, 0.15) is 11.1 Å².